The van der Waals surface area contributed by atoms with Gasteiger partial charge >= 0.3 is 0 Å². The van der Waals surface area contributed by atoms with E-state index >= 15 is 0 Å². The van der Waals surface area contributed by atoms with Gasteiger partial charge in [0.2, 0.25) is 0 Å². The van der Waals surface area contributed by atoms with Crippen LogP contribution < -0.4 is 4.90 Å². The summed E-state index contributed by atoms with van der Waals surface area (Å²) in [5, 5.41) is 0. The van der Waals surface area contributed by atoms with E-state index in [2.05, 4.69) is 29.8 Å². The summed E-state index contributed by atoms with van der Waals surface area (Å²) in [6.07, 6.45) is 1.95. The maximum Gasteiger partial charge on any atom is 0.274 e. The Hall–Kier alpha value is -1.55. The standard InChI is InChI=1S/C16H19BrN2O/c1-11(2)19-10-13(17)9-15(19)16(20)18(4)14-8-6-5-7-12(14)3/h5-11H,1-4H3. The Kier molecular flexibility index (Phi) is 4.33. The Bertz CT molecular complexity index is 631. The van der Waals surface area contributed by atoms with Crippen LogP contribution in [0.5, 0.6) is 0 Å². The van der Waals surface area contributed by atoms with Crippen molar-refractivity contribution < 1.29 is 4.79 Å². The van der Waals surface area contributed by atoms with Gasteiger partial charge in [-0.05, 0) is 54.4 Å². The highest BCUT2D eigenvalue weighted by molar-refractivity contribution is 9.10. The number of hydrogen-bond acceptors (Lipinski definition) is 1. The van der Waals surface area contributed by atoms with Crippen LogP contribution in [0.1, 0.15) is 35.9 Å². The van der Waals surface area contributed by atoms with Crippen LogP contribution in [0.3, 0.4) is 0 Å². The lowest BCUT2D eigenvalue weighted by atomic mass is 10.2. The summed E-state index contributed by atoms with van der Waals surface area (Å²) in [6.45, 7) is 6.14. The van der Waals surface area contributed by atoms with Crippen molar-refractivity contribution in [3.63, 3.8) is 0 Å². The summed E-state index contributed by atoms with van der Waals surface area (Å²) in [7, 11) is 1.82. The summed E-state index contributed by atoms with van der Waals surface area (Å²) in [4.78, 5) is 14.4. The van der Waals surface area contributed by atoms with Gasteiger partial charge in [-0.25, -0.2) is 0 Å². The number of anilines is 1. The van der Waals surface area contributed by atoms with E-state index in [1.807, 2.05) is 55.1 Å². The average molecular weight is 335 g/mol. The lowest BCUT2D eigenvalue weighted by molar-refractivity contribution is 0.0982. The molecule has 0 atom stereocenters. The molecule has 0 saturated heterocycles. The third kappa shape index (κ3) is 2.80. The number of carbonyl (C=O) groups is 1. The van der Waals surface area contributed by atoms with Gasteiger partial charge in [-0.1, -0.05) is 18.2 Å². The number of carbonyl (C=O) groups excluding carboxylic acids is 1. The minimum Gasteiger partial charge on any atom is -0.340 e. The topological polar surface area (TPSA) is 25.2 Å². The monoisotopic (exact) mass is 334 g/mol. The molecule has 1 heterocycles. The van der Waals surface area contributed by atoms with E-state index in [1.165, 1.54) is 0 Å². The zero-order valence-electron chi connectivity index (χ0n) is 12.2. The molecule has 0 spiro atoms. The molecule has 20 heavy (non-hydrogen) atoms. The van der Waals surface area contributed by atoms with Gasteiger partial charge in [0.05, 0.1) is 0 Å². The molecule has 0 aliphatic heterocycles. The van der Waals surface area contributed by atoms with Crippen molar-refractivity contribution in [3.05, 3.63) is 52.3 Å². The van der Waals surface area contributed by atoms with Crippen LogP contribution in [0, 0.1) is 6.92 Å². The number of aromatic nitrogens is 1. The van der Waals surface area contributed by atoms with Crippen molar-refractivity contribution in [2.75, 3.05) is 11.9 Å². The second-order valence-electron chi connectivity index (χ2n) is 5.20. The molecule has 1 aromatic heterocycles. The molecule has 1 amide bonds. The predicted octanol–water partition coefficient (Wildman–Crippen LogP) is 4.42. The third-order valence-corrected chi connectivity index (χ3v) is 3.81. The average Bonchev–Trinajstić information content (AvgIpc) is 2.80. The first-order chi connectivity index (χ1) is 9.41. The van der Waals surface area contributed by atoms with Crippen LogP contribution in [-0.2, 0) is 0 Å². The van der Waals surface area contributed by atoms with E-state index in [0.717, 1.165) is 15.7 Å². The maximum atomic E-state index is 12.7. The molecule has 0 aliphatic rings. The number of nitrogens with zero attached hydrogens (tertiary/aromatic N) is 2. The van der Waals surface area contributed by atoms with Gasteiger partial charge in [-0.2, -0.15) is 0 Å². The molecule has 0 bridgehead atoms. The molecule has 1 aromatic carbocycles. The fourth-order valence-electron chi connectivity index (χ4n) is 2.27. The molecular formula is C16H19BrN2O. The van der Waals surface area contributed by atoms with Crippen molar-refractivity contribution >= 4 is 27.5 Å². The van der Waals surface area contributed by atoms with Gasteiger partial charge < -0.3 is 9.47 Å². The molecule has 0 aliphatic carbocycles. The van der Waals surface area contributed by atoms with E-state index in [-0.39, 0.29) is 11.9 Å². The highest BCUT2D eigenvalue weighted by Gasteiger charge is 2.20. The normalized spacial score (nSPS) is 10.9. The van der Waals surface area contributed by atoms with E-state index < -0.39 is 0 Å². The minimum absolute atomic E-state index is 0.00120. The molecule has 4 heteroatoms. The van der Waals surface area contributed by atoms with Crippen molar-refractivity contribution in [1.29, 1.82) is 0 Å². The molecule has 0 fully saturated rings. The summed E-state index contributed by atoms with van der Waals surface area (Å²) in [5.41, 5.74) is 2.72. The molecule has 106 valence electrons. The third-order valence-electron chi connectivity index (χ3n) is 3.37. The van der Waals surface area contributed by atoms with E-state index in [4.69, 9.17) is 0 Å². The predicted molar refractivity (Wildman–Crippen MR) is 86.4 cm³/mol. The molecule has 0 saturated carbocycles. The summed E-state index contributed by atoms with van der Waals surface area (Å²) < 4.78 is 2.91. The number of halogens is 1. The molecule has 2 aromatic rings. The highest BCUT2D eigenvalue weighted by atomic mass is 79.9. The largest absolute Gasteiger partial charge is 0.340 e. The Morgan fingerprint density at radius 2 is 1.95 bits per heavy atom. The zero-order valence-corrected chi connectivity index (χ0v) is 13.8. The Morgan fingerprint density at radius 3 is 2.55 bits per heavy atom. The fraction of sp³-hybridized carbons (Fsp3) is 0.312. The second-order valence-corrected chi connectivity index (χ2v) is 6.11. The number of benzene rings is 1. The smallest absolute Gasteiger partial charge is 0.274 e. The fourth-order valence-corrected chi connectivity index (χ4v) is 2.70. The Morgan fingerprint density at radius 1 is 1.30 bits per heavy atom. The summed E-state index contributed by atoms with van der Waals surface area (Å²) in [6, 6.07) is 10.0. The molecule has 2 rings (SSSR count). The summed E-state index contributed by atoms with van der Waals surface area (Å²) >= 11 is 3.45. The number of rotatable bonds is 3. The van der Waals surface area contributed by atoms with Crippen LogP contribution >= 0.6 is 15.9 Å². The number of aryl methyl sites for hydroxylation is 1. The van der Waals surface area contributed by atoms with Crippen LogP contribution in [0.15, 0.2) is 41.0 Å². The molecular weight excluding hydrogens is 316 g/mol. The Labute approximate surface area is 128 Å². The van der Waals surface area contributed by atoms with E-state index in [9.17, 15) is 4.79 Å². The van der Waals surface area contributed by atoms with Crippen molar-refractivity contribution in [2.24, 2.45) is 0 Å². The number of amides is 1. The first-order valence-electron chi connectivity index (χ1n) is 6.63. The quantitative estimate of drug-likeness (QED) is 0.815. The first-order valence-corrected chi connectivity index (χ1v) is 7.42. The van der Waals surface area contributed by atoms with Gasteiger partial charge in [0.25, 0.3) is 5.91 Å². The van der Waals surface area contributed by atoms with Gasteiger partial charge in [0, 0.05) is 29.4 Å². The molecule has 3 nitrogen and oxygen atoms in total. The molecule has 0 unspecified atom stereocenters. The van der Waals surface area contributed by atoms with Crippen molar-refractivity contribution in [2.45, 2.75) is 26.8 Å². The van der Waals surface area contributed by atoms with E-state index in [0.29, 0.717) is 5.69 Å². The lowest BCUT2D eigenvalue weighted by Crippen LogP contribution is -2.29. The number of hydrogen-bond donors (Lipinski definition) is 0. The summed E-state index contributed by atoms with van der Waals surface area (Å²) in [5.74, 6) is -0.00120. The molecule has 0 radical (unpaired) electrons. The van der Waals surface area contributed by atoms with Crippen molar-refractivity contribution in [3.8, 4) is 0 Å². The van der Waals surface area contributed by atoms with Crippen LogP contribution in [0.2, 0.25) is 0 Å². The number of para-hydroxylation sites is 1. The Balaban J connectivity index is 2.39. The lowest BCUT2D eigenvalue weighted by Gasteiger charge is -2.21. The van der Waals surface area contributed by atoms with Gasteiger partial charge in [0.15, 0.2) is 0 Å². The van der Waals surface area contributed by atoms with Crippen LogP contribution in [-0.4, -0.2) is 17.5 Å². The second kappa shape index (κ2) is 5.83. The molecule has 0 N–H and O–H groups in total. The maximum absolute atomic E-state index is 12.7. The van der Waals surface area contributed by atoms with Gasteiger partial charge in [-0.3, -0.25) is 4.79 Å². The SMILES string of the molecule is Cc1ccccc1N(C)C(=O)c1cc(Br)cn1C(C)C. The van der Waals surface area contributed by atoms with Crippen LogP contribution in [0.25, 0.3) is 0 Å². The zero-order chi connectivity index (χ0) is 14.9. The first kappa shape index (κ1) is 14.9. The minimum atomic E-state index is -0.00120. The van der Waals surface area contributed by atoms with E-state index in [1.54, 1.807) is 4.90 Å². The van der Waals surface area contributed by atoms with Crippen LogP contribution in [0.4, 0.5) is 5.69 Å². The van der Waals surface area contributed by atoms with Gasteiger partial charge in [-0.15, -0.1) is 0 Å². The van der Waals surface area contributed by atoms with Crippen molar-refractivity contribution in [1.82, 2.24) is 4.57 Å². The van der Waals surface area contributed by atoms with Gasteiger partial charge in [0.1, 0.15) is 5.69 Å². The highest BCUT2D eigenvalue weighted by Crippen LogP contribution is 2.24.